The Labute approximate surface area is 183 Å². The summed E-state index contributed by atoms with van der Waals surface area (Å²) in [5.74, 6) is 2.37. The van der Waals surface area contributed by atoms with Crippen LogP contribution in [0.4, 0.5) is 16.2 Å². The van der Waals surface area contributed by atoms with E-state index in [2.05, 4.69) is 18.3 Å². The number of ether oxygens (including phenoxy) is 1. The zero-order valence-corrected chi connectivity index (χ0v) is 18.2. The second-order valence-corrected chi connectivity index (χ2v) is 7.75. The van der Waals surface area contributed by atoms with Crippen molar-refractivity contribution in [3.63, 3.8) is 0 Å². The molecule has 162 valence electrons. The van der Waals surface area contributed by atoms with Crippen LogP contribution in [0.5, 0.6) is 5.75 Å². The van der Waals surface area contributed by atoms with Crippen LogP contribution in [0.25, 0.3) is 0 Å². The number of aryl methyl sites for hydroxylation is 3. The van der Waals surface area contributed by atoms with Crippen LogP contribution in [-0.2, 0) is 25.9 Å². The average Bonchev–Trinajstić information content (AvgIpc) is 3.05. The molecule has 4 rings (SSSR count). The molecular weight excluding hydrogens is 390 g/mol. The van der Waals surface area contributed by atoms with Gasteiger partial charge in [-0.25, -0.2) is 14.5 Å². The lowest BCUT2D eigenvalue weighted by molar-refractivity contribution is 0.256. The second-order valence-electron chi connectivity index (χ2n) is 7.75. The Morgan fingerprint density at radius 3 is 2.87 bits per heavy atom. The normalized spacial score (nSPS) is 13.2. The predicted molar refractivity (Wildman–Crippen MR) is 122 cm³/mol. The first kappa shape index (κ1) is 20.9. The fraction of sp³-hybridized carbons (Fsp3) is 0.375. The van der Waals surface area contributed by atoms with Gasteiger partial charge in [-0.15, -0.1) is 0 Å². The minimum atomic E-state index is -0.230. The van der Waals surface area contributed by atoms with Crippen LogP contribution in [0.2, 0.25) is 0 Å². The molecule has 7 nitrogen and oxygen atoms in total. The number of amides is 2. The van der Waals surface area contributed by atoms with Crippen LogP contribution < -0.4 is 15.0 Å². The number of rotatable bonds is 6. The van der Waals surface area contributed by atoms with E-state index in [0.29, 0.717) is 23.8 Å². The topological polar surface area (TPSA) is 72.3 Å². The second kappa shape index (κ2) is 9.64. The van der Waals surface area contributed by atoms with E-state index in [0.717, 1.165) is 43.7 Å². The minimum Gasteiger partial charge on any atom is -0.497 e. The molecule has 0 saturated heterocycles. The summed E-state index contributed by atoms with van der Waals surface area (Å²) in [7, 11) is 1.61. The molecule has 1 N–H and O–H groups in total. The monoisotopic (exact) mass is 419 g/mol. The summed E-state index contributed by atoms with van der Waals surface area (Å²) in [6, 6.07) is 15.2. The molecule has 3 aromatic rings. The summed E-state index contributed by atoms with van der Waals surface area (Å²) < 4.78 is 7.28. The van der Waals surface area contributed by atoms with E-state index < -0.39 is 0 Å². The number of fused-ring (bicyclic) bond motifs is 1. The molecule has 0 radical (unpaired) electrons. The van der Waals surface area contributed by atoms with Crippen LogP contribution in [0.15, 0.2) is 48.5 Å². The van der Waals surface area contributed by atoms with Crippen LogP contribution >= 0.6 is 0 Å². The van der Waals surface area contributed by atoms with Crippen molar-refractivity contribution in [2.75, 3.05) is 17.3 Å². The van der Waals surface area contributed by atoms with Gasteiger partial charge in [0, 0.05) is 30.4 Å². The number of nitrogens with zero attached hydrogens (tertiary/aromatic N) is 4. The fourth-order valence-corrected chi connectivity index (χ4v) is 3.84. The summed E-state index contributed by atoms with van der Waals surface area (Å²) >= 11 is 0. The third-order valence-corrected chi connectivity index (χ3v) is 5.56. The van der Waals surface area contributed by atoms with Crippen molar-refractivity contribution in [2.24, 2.45) is 0 Å². The highest BCUT2D eigenvalue weighted by atomic mass is 16.5. The van der Waals surface area contributed by atoms with E-state index in [9.17, 15) is 4.79 Å². The molecule has 0 atom stereocenters. The van der Waals surface area contributed by atoms with Crippen LogP contribution in [-0.4, -0.2) is 27.9 Å². The van der Waals surface area contributed by atoms with Gasteiger partial charge >= 0.3 is 6.03 Å². The van der Waals surface area contributed by atoms with Crippen molar-refractivity contribution in [1.82, 2.24) is 14.8 Å². The SMILES string of the molecule is CCc1cccc(N(Cc2nc3n(n2)CCCCC3)C(=O)Nc2cccc(OC)c2)c1. The quantitative estimate of drug-likeness (QED) is 0.622. The molecule has 31 heavy (non-hydrogen) atoms. The zero-order valence-electron chi connectivity index (χ0n) is 18.2. The number of carbonyl (C=O) groups is 1. The summed E-state index contributed by atoms with van der Waals surface area (Å²) in [5.41, 5.74) is 2.67. The maximum atomic E-state index is 13.3. The lowest BCUT2D eigenvalue weighted by Gasteiger charge is -2.23. The first-order chi connectivity index (χ1) is 15.2. The number of urea groups is 1. The molecule has 7 heteroatoms. The van der Waals surface area contributed by atoms with Crippen molar-refractivity contribution in [3.8, 4) is 5.75 Å². The van der Waals surface area contributed by atoms with Gasteiger partial charge in [-0.3, -0.25) is 4.90 Å². The molecule has 0 aliphatic carbocycles. The smallest absolute Gasteiger partial charge is 0.326 e. The van der Waals surface area contributed by atoms with Crippen molar-refractivity contribution in [2.45, 2.75) is 52.1 Å². The summed E-state index contributed by atoms with van der Waals surface area (Å²) in [5, 5.41) is 7.69. The van der Waals surface area contributed by atoms with E-state index in [1.54, 1.807) is 18.1 Å². The van der Waals surface area contributed by atoms with Crippen LogP contribution in [0.1, 0.15) is 43.4 Å². The van der Waals surface area contributed by atoms with Gasteiger partial charge in [0.1, 0.15) is 11.6 Å². The standard InChI is InChI=1S/C24H29N5O2/c1-3-18-9-7-11-20(15-18)28(24(30)25-19-10-8-12-21(16-19)31-2)17-22-26-23-13-5-4-6-14-29(23)27-22/h7-12,15-16H,3-6,13-14,17H2,1-2H3,(H,25,30). The Balaban J connectivity index is 1.61. The van der Waals surface area contributed by atoms with E-state index in [4.69, 9.17) is 14.8 Å². The van der Waals surface area contributed by atoms with Crippen LogP contribution in [0, 0.1) is 0 Å². The third-order valence-electron chi connectivity index (χ3n) is 5.56. The molecule has 1 aliphatic rings. The molecular formula is C24H29N5O2. The van der Waals surface area contributed by atoms with E-state index >= 15 is 0 Å². The molecule has 2 aromatic carbocycles. The number of aromatic nitrogens is 3. The molecule has 1 aromatic heterocycles. The average molecular weight is 420 g/mol. The molecule has 0 spiro atoms. The van der Waals surface area contributed by atoms with E-state index in [1.807, 2.05) is 41.1 Å². The lowest BCUT2D eigenvalue weighted by Crippen LogP contribution is -2.35. The Morgan fingerprint density at radius 1 is 1.16 bits per heavy atom. The number of hydrogen-bond acceptors (Lipinski definition) is 4. The number of anilines is 2. The van der Waals surface area contributed by atoms with Crippen molar-refractivity contribution in [3.05, 3.63) is 65.7 Å². The van der Waals surface area contributed by atoms with Crippen molar-refractivity contribution >= 4 is 17.4 Å². The molecule has 2 amide bonds. The van der Waals surface area contributed by atoms with E-state index in [1.165, 1.54) is 12.0 Å². The molecule has 0 saturated carbocycles. The van der Waals surface area contributed by atoms with Gasteiger partial charge < -0.3 is 10.1 Å². The minimum absolute atomic E-state index is 0.230. The Kier molecular flexibility index (Phi) is 6.50. The number of hydrogen-bond donors (Lipinski definition) is 1. The summed E-state index contributed by atoms with van der Waals surface area (Å²) in [6.45, 7) is 3.31. The Bertz CT molecular complexity index is 1020. The van der Waals surface area contributed by atoms with Crippen molar-refractivity contribution < 1.29 is 9.53 Å². The molecule has 0 unspecified atom stereocenters. The molecule has 0 fully saturated rings. The highest BCUT2D eigenvalue weighted by Crippen LogP contribution is 2.23. The Morgan fingerprint density at radius 2 is 2.03 bits per heavy atom. The van der Waals surface area contributed by atoms with Gasteiger partial charge in [0.15, 0.2) is 5.82 Å². The predicted octanol–water partition coefficient (Wildman–Crippen LogP) is 4.81. The number of nitrogens with one attached hydrogen (secondary N) is 1. The summed E-state index contributed by atoms with van der Waals surface area (Å²) in [6.07, 6.45) is 5.30. The molecule has 1 aliphatic heterocycles. The van der Waals surface area contributed by atoms with Gasteiger partial charge in [0.2, 0.25) is 0 Å². The third kappa shape index (κ3) is 5.05. The van der Waals surface area contributed by atoms with Gasteiger partial charge in [-0.2, -0.15) is 5.10 Å². The van der Waals surface area contributed by atoms with Crippen molar-refractivity contribution in [1.29, 1.82) is 0 Å². The number of methoxy groups -OCH3 is 1. The Hall–Kier alpha value is -3.35. The van der Waals surface area contributed by atoms with Gasteiger partial charge in [0.25, 0.3) is 0 Å². The van der Waals surface area contributed by atoms with Crippen LogP contribution in [0.3, 0.4) is 0 Å². The van der Waals surface area contributed by atoms with E-state index in [-0.39, 0.29) is 6.03 Å². The molecule has 0 bridgehead atoms. The fourth-order valence-electron chi connectivity index (χ4n) is 3.84. The number of carbonyl (C=O) groups excluding carboxylic acids is 1. The largest absolute Gasteiger partial charge is 0.497 e. The lowest BCUT2D eigenvalue weighted by atomic mass is 10.1. The first-order valence-electron chi connectivity index (χ1n) is 10.9. The molecule has 2 heterocycles. The maximum Gasteiger partial charge on any atom is 0.326 e. The van der Waals surface area contributed by atoms with Gasteiger partial charge in [0.05, 0.1) is 13.7 Å². The first-order valence-corrected chi connectivity index (χ1v) is 10.9. The highest BCUT2D eigenvalue weighted by Gasteiger charge is 2.21. The summed E-state index contributed by atoms with van der Waals surface area (Å²) in [4.78, 5) is 19.8. The van der Waals surface area contributed by atoms with Gasteiger partial charge in [-0.1, -0.05) is 31.5 Å². The van der Waals surface area contributed by atoms with Gasteiger partial charge in [-0.05, 0) is 49.1 Å². The maximum absolute atomic E-state index is 13.3. The number of benzene rings is 2. The highest BCUT2D eigenvalue weighted by molar-refractivity contribution is 6.01. The zero-order chi connectivity index (χ0) is 21.6.